The molecule has 1 aromatic heterocycles. The van der Waals surface area contributed by atoms with E-state index in [4.69, 9.17) is 5.73 Å². The maximum absolute atomic E-state index is 10.2. The molecule has 11 heavy (non-hydrogen) atoms. The summed E-state index contributed by atoms with van der Waals surface area (Å²) in [6.07, 6.45) is 3.20. The molecule has 0 aliphatic carbocycles. The van der Waals surface area contributed by atoms with Crippen molar-refractivity contribution in [2.24, 2.45) is 5.73 Å². The molecule has 4 N–H and O–H groups in total. The first-order valence-electron chi connectivity index (χ1n) is 3.00. The lowest BCUT2D eigenvalue weighted by Crippen LogP contribution is -2.34. The van der Waals surface area contributed by atoms with Gasteiger partial charge in [0.15, 0.2) is 0 Å². The normalized spacial score (nSPS) is 8.73. The molecule has 0 radical (unpaired) electrons. The van der Waals surface area contributed by atoms with Gasteiger partial charge in [-0.05, 0) is 12.1 Å². The molecule has 5 heteroatoms. The average molecular weight is 152 g/mol. The Morgan fingerprint density at radius 3 is 2.64 bits per heavy atom. The Bertz CT molecular complexity index is 236. The van der Waals surface area contributed by atoms with Crippen LogP contribution in [0, 0.1) is 0 Å². The van der Waals surface area contributed by atoms with Gasteiger partial charge < -0.3 is 5.73 Å². The van der Waals surface area contributed by atoms with Crippen molar-refractivity contribution in [3.63, 3.8) is 0 Å². The highest BCUT2D eigenvalue weighted by molar-refractivity contribution is 5.73. The van der Waals surface area contributed by atoms with Crippen LogP contribution in [0.3, 0.4) is 0 Å². The van der Waals surface area contributed by atoms with Crippen molar-refractivity contribution in [3.8, 4) is 0 Å². The van der Waals surface area contributed by atoms with Gasteiger partial charge in [0.05, 0.1) is 5.69 Å². The molecule has 0 bridgehead atoms. The number of pyridine rings is 1. The van der Waals surface area contributed by atoms with E-state index in [9.17, 15) is 4.79 Å². The number of amides is 2. The van der Waals surface area contributed by atoms with Gasteiger partial charge in [-0.3, -0.25) is 15.8 Å². The number of primary amides is 1. The fourth-order valence-electron chi connectivity index (χ4n) is 0.569. The van der Waals surface area contributed by atoms with E-state index in [0.29, 0.717) is 0 Å². The number of carbonyl (C=O) groups excluding carboxylic acids is 1. The van der Waals surface area contributed by atoms with Gasteiger partial charge in [-0.15, -0.1) is 0 Å². The van der Waals surface area contributed by atoms with Gasteiger partial charge in [-0.2, -0.15) is 0 Å². The molecule has 0 saturated carbocycles. The van der Waals surface area contributed by atoms with Crippen molar-refractivity contribution < 1.29 is 4.79 Å². The zero-order valence-corrected chi connectivity index (χ0v) is 5.74. The molecule has 0 aromatic carbocycles. The third-order valence-electron chi connectivity index (χ3n) is 1.01. The van der Waals surface area contributed by atoms with Gasteiger partial charge in [0.2, 0.25) is 0 Å². The predicted molar refractivity (Wildman–Crippen MR) is 40.6 cm³/mol. The number of urea groups is 1. The van der Waals surface area contributed by atoms with Crippen LogP contribution in [0.2, 0.25) is 0 Å². The van der Waals surface area contributed by atoms with Crippen LogP contribution in [0.1, 0.15) is 0 Å². The average Bonchev–Trinajstić information content (AvgIpc) is 2.03. The maximum atomic E-state index is 10.2. The lowest BCUT2D eigenvalue weighted by Gasteiger charge is -2.03. The second-order valence-electron chi connectivity index (χ2n) is 1.85. The first kappa shape index (κ1) is 7.33. The molecule has 1 rings (SSSR count). The van der Waals surface area contributed by atoms with Crippen LogP contribution in [-0.4, -0.2) is 11.0 Å². The summed E-state index contributed by atoms with van der Waals surface area (Å²) >= 11 is 0. The van der Waals surface area contributed by atoms with E-state index in [-0.39, 0.29) is 0 Å². The molecule has 0 aliphatic rings. The van der Waals surface area contributed by atoms with Crippen LogP contribution in [0.4, 0.5) is 10.5 Å². The fraction of sp³-hybridized carbons (Fsp3) is 0. The molecule has 0 atom stereocenters. The molecule has 1 aromatic rings. The highest BCUT2D eigenvalue weighted by atomic mass is 16.2. The van der Waals surface area contributed by atoms with Crippen LogP contribution in [0.15, 0.2) is 24.5 Å². The minimum absolute atomic E-state index is 0.623. The maximum Gasteiger partial charge on any atom is 0.330 e. The van der Waals surface area contributed by atoms with E-state index in [1.165, 1.54) is 0 Å². The molecule has 0 unspecified atom stereocenters. The number of carbonyl (C=O) groups is 1. The standard InChI is InChI=1S/C6H8N4O/c7-6(11)10-9-5-1-3-8-4-2-5/h1-4H,(H,8,9)(H3,7,10,11). The minimum Gasteiger partial charge on any atom is -0.350 e. The number of hydrogen-bond donors (Lipinski definition) is 3. The van der Waals surface area contributed by atoms with E-state index < -0.39 is 6.03 Å². The Morgan fingerprint density at radius 2 is 2.09 bits per heavy atom. The quantitative estimate of drug-likeness (QED) is 0.525. The minimum atomic E-state index is -0.623. The lowest BCUT2D eigenvalue weighted by molar-refractivity contribution is 0.250. The Morgan fingerprint density at radius 1 is 1.45 bits per heavy atom. The summed E-state index contributed by atoms with van der Waals surface area (Å²) in [5, 5.41) is 0. The second kappa shape index (κ2) is 3.40. The number of hydrogen-bond acceptors (Lipinski definition) is 3. The predicted octanol–water partition coefficient (Wildman–Crippen LogP) is 0.0768. The SMILES string of the molecule is NC(=O)NNc1ccncc1. The van der Waals surface area contributed by atoms with Crippen LogP contribution in [0.25, 0.3) is 0 Å². The van der Waals surface area contributed by atoms with Crippen LogP contribution < -0.4 is 16.6 Å². The Hall–Kier alpha value is -1.78. The molecule has 1 heterocycles. The first-order chi connectivity index (χ1) is 5.29. The number of nitrogens with zero attached hydrogens (tertiary/aromatic N) is 1. The van der Waals surface area contributed by atoms with Gasteiger partial charge in [-0.25, -0.2) is 4.79 Å². The monoisotopic (exact) mass is 152 g/mol. The summed E-state index contributed by atoms with van der Waals surface area (Å²) in [5.74, 6) is 0. The van der Waals surface area contributed by atoms with Crippen LogP contribution >= 0.6 is 0 Å². The summed E-state index contributed by atoms with van der Waals surface area (Å²) in [5.41, 5.74) is 10.3. The molecule has 2 amide bonds. The second-order valence-corrected chi connectivity index (χ2v) is 1.85. The number of rotatable bonds is 2. The number of nitrogens with one attached hydrogen (secondary N) is 2. The zero-order valence-electron chi connectivity index (χ0n) is 5.74. The van der Waals surface area contributed by atoms with Crippen LogP contribution in [-0.2, 0) is 0 Å². The third-order valence-corrected chi connectivity index (χ3v) is 1.01. The third kappa shape index (κ3) is 2.53. The molecular formula is C6H8N4O. The van der Waals surface area contributed by atoms with Gasteiger partial charge in [-0.1, -0.05) is 0 Å². The van der Waals surface area contributed by atoms with Gasteiger partial charge in [0.1, 0.15) is 0 Å². The van der Waals surface area contributed by atoms with Crippen molar-refractivity contribution in [1.82, 2.24) is 10.4 Å². The molecule has 0 saturated heterocycles. The van der Waals surface area contributed by atoms with Gasteiger partial charge >= 0.3 is 6.03 Å². The van der Waals surface area contributed by atoms with Crippen molar-refractivity contribution >= 4 is 11.7 Å². The summed E-state index contributed by atoms with van der Waals surface area (Å²) in [6, 6.07) is 2.79. The van der Waals surface area contributed by atoms with Crippen molar-refractivity contribution in [1.29, 1.82) is 0 Å². The number of aromatic nitrogens is 1. The Labute approximate surface area is 63.6 Å². The number of anilines is 1. The molecule has 0 aliphatic heterocycles. The van der Waals surface area contributed by atoms with E-state index in [1.54, 1.807) is 24.5 Å². The van der Waals surface area contributed by atoms with Crippen molar-refractivity contribution in [2.45, 2.75) is 0 Å². The summed E-state index contributed by atoms with van der Waals surface area (Å²) in [4.78, 5) is 14.0. The van der Waals surface area contributed by atoms with Crippen molar-refractivity contribution in [3.05, 3.63) is 24.5 Å². The van der Waals surface area contributed by atoms with E-state index >= 15 is 0 Å². The molecule has 0 fully saturated rings. The molecule has 5 nitrogen and oxygen atoms in total. The van der Waals surface area contributed by atoms with Crippen LogP contribution in [0.5, 0.6) is 0 Å². The van der Waals surface area contributed by atoms with E-state index in [1.807, 2.05) is 0 Å². The highest BCUT2D eigenvalue weighted by Crippen LogP contribution is 1.99. The fourth-order valence-corrected chi connectivity index (χ4v) is 0.569. The Balaban J connectivity index is 2.45. The summed E-state index contributed by atoms with van der Waals surface area (Å²) < 4.78 is 0. The number of nitrogens with two attached hydrogens (primary N) is 1. The molecule has 58 valence electrons. The topological polar surface area (TPSA) is 80.0 Å². The first-order valence-corrected chi connectivity index (χ1v) is 3.00. The largest absolute Gasteiger partial charge is 0.350 e. The molecular weight excluding hydrogens is 144 g/mol. The summed E-state index contributed by atoms with van der Waals surface area (Å²) in [7, 11) is 0. The summed E-state index contributed by atoms with van der Waals surface area (Å²) in [6.45, 7) is 0. The van der Waals surface area contributed by atoms with E-state index in [2.05, 4.69) is 15.8 Å². The van der Waals surface area contributed by atoms with Gasteiger partial charge in [0.25, 0.3) is 0 Å². The molecule has 0 spiro atoms. The highest BCUT2D eigenvalue weighted by Gasteiger charge is 1.89. The zero-order chi connectivity index (χ0) is 8.10. The smallest absolute Gasteiger partial charge is 0.330 e. The Kier molecular flexibility index (Phi) is 2.27. The van der Waals surface area contributed by atoms with Crippen molar-refractivity contribution in [2.75, 3.05) is 5.43 Å². The number of hydrazine groups is 1. The van der Waals surface area contributed by atoms with E-state index in [0.717, 1.165) is 5.69 Å². The lowest BCUT2D eigenvalue weighted by atomic mass is 10.4. The van der Waals surface area contributed by atoms with Gasteiger partial charge in [0, 0.05) is 12.4 Å².